The summed E-state index contributed by atoms with van der Waals surface area (Å²) in [6.45, 7) is 0. The molecule has 2 aliphatic carbocycles. The Morgan fingerprint density at radius 3 is 2.29 bits per heavy atom. The molecule has 1 aromatic heterocycles. The van der Waals surface area contributed by atoms with Crippen molar-refractivity contribution in [3.05, 3.63) is 41.1 Å². The second-order valence-electron chi connectivity index (χ2n) is 9.14. The summed E-state index contributed by atoms with van der Waals surface area (Å²) in [7, 11) is 4.02. The molecular weight excluding hydrogens is 463 g/mol. The van der Waals surface area contributed by atoms with Crippen molar-refractivity contribution in [3.8, 4) is 0 Å². The maximum atomic E-state index is 12.5. The van der Waals surface area contributed by atoms with E-state index in [1.54, 1.807) is 0 Å². The Balaban J connectivity index is 1.30. The lowest BCUT2D eigenvalue weighted by Crippen LogP contribution is -2.40. The monoisotopic (exact) mass is 493 g/mol. The molecule has 0 saturated heterocycles. The second-order valence-corrected chi connectivity index (χ2v) is 10.3. The van der Waals surface area contributed by atoms with E-state index in [0.29, 0.717) is 11.5 Å². The molecule has 1 fully saturated rings. The summed E-state index contributed by atoms with van der Waals surface area (Å²) in [6, 6.07) is 5.81. The summed E-state index contributed by atoms with van der Waals surface area (Å²) in [6.07, 6.45) is 7.74. The molecule has 0 spiro atoms. The van der Waals surface area contributed by atoms with Crippen LogP contribution in [0.2, 0.25) is 0 Å². The highest BCUT2D eigenvalue weighted by atomic mass is 32.2. The number of hydrogen-bond acceptors (Lipinski definition) is 6. The number of aryl methyl sites for hydroxylation is 1. The van der Waals surface area contributed by atoms with Crippen LogP contribution in [0.4, 0.5) is 24.9 Å². The molecule has 2 aliphatic rings. The average Bonchev–Trinajstić information content (AvgIpc) is 2.79. The number of halogens is 3. The number of rotatable bonds is 6. The van der Waals surface area contributed by atoms with Crippen LogP contribution in [0.1, 0.15) is 60.1 Å². The lowest BCUT2D eigenvalue weighted by Gasteiger charge is -2.30. The van der Waals surface area contributed by atoms with Gasteiger partial charge in [0.25, 0.3) is 5.91 Å². The van der Waals surface area contributed by atoms with Crippen molar-refractivity contribution in [2.45, 2.75) is 73.9 Å². The molecule has 184 valence electrons. The molecule has 2 aromatic rings. The van der Waals surface area contributed by atoms with E-state index < -0.39 is 5.51 Å². The van der Waals surface area contributed by atoms with E-state index >= 15 is 0 Å². The molecule has 0 aliphatic heterocycles. The molecule has 34 heavy (non-hydrogen) atoms. The lowest BCUT2D eigenvalue weighted by molar-refractivity contribution is -0.0328. The maximum absolute atomic E-state index is 12.5. The number of carbonyl (C=O) groups is 1. The fourth-order valence-electron chi connectivity index (χ4n) is 4.65. The molecule has 0 radical (unpaired) electrons. The molecule has 1 amide bonds. The van der Waals surface area contributed by atoms with Crippen LogP contribution in [-0.4, -0.2) is 47.6 Å². The van der Waals surface area contributed by atoms with E-state index in [0.717, 1.165) is 56.5 Å². The van der Waals surface area contributed by atoms with Gasteiger partial charge in [-0.2, -0.15) is 18.2 Å². The fourth-order valence-corrected chi connectivity index (χ4v) is 5.19. The lowest BCUT2D eigenvalue weighted by atomic mass is 9.91. The number of nitrogens with zero attached hydrogens (tertiary/aromatic N) is 3. The number of alkyl halides is 3. The van der Waals surface area contributed by atoms with Crippen LogP contribution in [0.15, 0.2) is 29.2 Å². The van der Waals surface area contributed by atoms with Crippen molar-refractivity contribution in [1.82, 2.24) is 15.3 Å². The number of anilines is 2. The normalized spacial score (nSPS) is 20.4. The van der Waals surface area contributed by atoms with E-state index in [9.17, 15) is 18.0 Å². The molecule has 6 nitrogen and oxygen atoms in total. The highest BCUT2D eigenvalue weighted by Crippen LogP contribution is 2.36. The molecule has 10 heteroatoms. The zero-order valence-corrected chi connectivity index (χ0v) is 20.2. The van der Waals surface area contributed by atoms with Gasteiger partial charge in [0.1, 0.15) is 5.82 Å². The zero-order chi connectivity index (χ0) is 24.3. The van der Waals surface area contributed by atoms with Gasteiger partial charge in [-0.1, -0.05) is 0 Å². The minimum atomic E-state index is -4.34. The highest BCUT2D eigenvalue weighted by Gasteiger charge is 2.29. The standard InChI is InChI=1S/C24H30F3N5OS/c1-32(2)21-19-5-3-4-6-20(19)30-23(31-21)29-17-11-9-16(10-12-17)28-22(33)15-7-13-18(14-8-15)34-24(25,26)27/h7-8,13-14,16-17H,3-6,9-12H2,1-2H3,(H,28,33)(H,29,30,31)/t16-,17+. The van der Waals surface area contributed by atoms with Gasteiger partial charge in [0, 0.05) is 42.2 Å². The van der Waals surface area contributed by atoms with Gasteiger partial charge in [-0.15, -0.1) is 0 Å². The van der Waals surface area contributed by atoms with E-state index in [1.807, 2.05) is 14.1 Å². The smallest absolute Gasteiger partial charge is 0.362 e. The summed E-state index contributed by atoms with van der Waals surface area (Å²) in [5, 5.41) is 6.52. The van der Waals surface area contributed by atoms with Gasteiger partial charge in [-0.25, -0.2) is 4.98 Å². The van der Waals surface area contributed by atoms with Gasteiger partial charge in [-0.3, -0.25) is 4.79 Å². The molecule has 0 atom stereocenters. The van der Waals surface area contributed by atoms with Gasteiger partial charge >= 0.3 is 5.51 Å². The molecule has 1 aromatic carbocycles. The van der Waals surface area contributed by atoms with Gasteiger partial charge in [0.2, 0.25) is 5.95 Å². The van der Waals surface area contributed by atoms with E-state index in [2.05, 4.69) is 15.5 Å². The summed E-state index contributed by atoms with van der Waals surface area (Å²) < 4.78 is 37.4. The molecule has 0 unspecified atom stereocenters. The van der Waals surface area contributed by atoms with Crippen molar-refractivity contribution in [2.75, 3.05) is 24.3 Å². The van der Waals surface area contributed by atoms with Crippen LogP contribution in [0, 0.1) is 0 Å². The highest BCUT2D eigenvalue weighted by molar-refractivity contribution is 8.00. The van der Waals surface area contributed by atoms with Crippen LogP contribution in [0.25, 0.3) is 0 Å². The largest absolute Gasteiger partial charge is 0.446 e. The van der Waals surface area contributed by atoms with Gasteiger partial charge in [0.15, 0.2) is 0 Å². The van der Waals surface area contributed by atoms with Crippen LogP contribution < -0.4 is 15.5 Å². The van der Waals surface area contributed by atoms with Crippen molar-refractivity contribution in [3.63, 3.8) is 0 Å². The Morgan fingerprint density at radius 1 is 1.00 bits per heavy atom. The number of fused-ring (bicyclic) bond motifs is 1. The SMILES string of the molecule is CN(C)c1nc(N[C@H]2CC[C@@H](NC(=O)c3ccc(SC(F)(F)F)cc3)CC2)nc2c1CCCC2. The molecule has 2 N–H and O–H groups in total. The Hall–Kier alpha value is -2.49. The summed E-state index contributed by atoms with van der Waals surface area (Å²) >= 11 is -0.184. The van der Waals surface area contributed by atoms with Gasteiger partial charge in [0.05, 0.1) is 5.69 Å². The number of nitrogens with one attached hydrogen (secondary N) is 2. The first-order chi connectivity index (χ1) is 16.2. The Bertz CT molecular complexity index is 1000. The van der Waals surface area contributed by atoms with Crippen molar-refractivity contribution < 1.29 is 18.0 Å². The molecule has 4 rings (SSSR count). The van der Waals surface area contributed by atoms with E-state index in [1.165, 1.54) is 36.2 Å². The molecule has 1 heterocycles. The minimum absolute atomic E-state index is 0.0385. The van der Waals surface area contributed by atoms with E-state index in [4.69, 9.17) is 9.97 Å². The minimum Gasteiger partial charge on any atom is -0.362 e. The Morgan fingerprint density at radius 2 is 1.65 bits per heavy atom. The maximum Gasteiger partial charge on any atom is 0.446 e. The first kappa shape index (κ1) is 24.6. The fraction of sp³-hybridized carbons (Fsp3) is 0.542. The van der Waals surface area contributed by atoms with Crippen molar-refractivity contribution >= 4 is 29.4 Å². The number of amides is 1. The topological polar surface area (TPSA) is 70.2 Å². The van der Waals surface area contributed by atoms with Crippen LogP contribution >= 0.6 is 11.8 Å². The third-order valence-corrected chi connectivity index (χ3v) is 7.07. The van der Waals surface area contributed by atoms with Crippen molar-refractivity contribution in [2.24, 2.45) is 0 Å². The number of thioether (sulfide) groups is 1. The number of aromatic nitrogens is 2. The van der Waals surface area contributed by atoms with Crippen LogP contribution in [0.5, 0.6) is 0 Å². The summed E-state index contributed by atoms with van der Waals surface area (Å²) in [5.74, 6) is 1.41. The Kier molecular flexibility index (Phi) is 7.54. The number of hydrogen-bond donors (Lipinski definition) is 2. The summed E-state index contributed by atoms with van der Waals surface area (Å²) in [5.41, 5.74) is -1.56. The zero-order valence-electron chi connectivity index (χ0n) is 19.4. The second kappa shape index (κ2) is 10.4. The predicted octanol–water partition coefficient (Wildman–Crippen LogP) is 5.19. The first-order valence-corrected chi connectivity index (χ1v) is 12.5. The van der Waals surface area contributed by atoms with E-state index in [-0.39, 0.29) is 34.6 Å². The predicted molar refractivity (Wildman–Crippen MR) is 128 cm³/mol. The first-order valence-electron chi connectivity index (χ1n) is 11.7. The number of benzene rings is 1. The number of carbonyl (C=O) groups excluding carboxylic acids is 1. The molecule has 1 saturated carbocycles. The van der Waals surface area contributed by atoms with Crippen LogP contribution in [-0.2, 0) is 12.8 Å². The molecular formula is C24H30F3N5OS. The van der Waals surface area contributed by atoms with Gasteiger partial charge in [-0.05, 0) is 87.4 Å². The Labute approximate surface area is 202 Å². The third-order valence-electron chi connectivity index (χ3n) is 6.33. The van der Waals surface area contributed by atoms with Gasteiger partial charge < -0.3 is 15.5 Å². The summed E-state index contributed by atoms with van der Waals surface area (Å²) in [4.78, 5) is 24.2. The van der Waals surface area contributed by atoms with Crippen molar-refractivity contribution in [1.29, 1.82) is 0 Å². The van der Waals surface area contributed by atoms with Crippen LogP contribution in [0.3, 0.4) is 0 Å². The molecule has 0 bridgehead atoms. The average molecular weight is 494 g/mol. The quantitative estimate of drug-likeness (QED) is 0.540. The third kappa shape index (κ3) is 6.34.